The normalized spacial score (nSPS) is 11.4. The van der Waals surface area contributed by atoms with E-state index in [2.05, 4.69) is 15.4 Å². The molecule has 0 fully saturated rings. The highest BCUT2D eigenvalue weighted by molar-refractivity contribution is 7.89. The maximum Gasteiger partial charge on any atom is 0.253 e. The van der Waals surface area contributed by atoms with Crippen molar-refractivity contribution in [2.75, 3.05) is 11.9 Å². The van der Waals surface area contributed by atoms with Crippen molar-refractivity contribution in [2.24, 2.45) is 0 Å². The molecule has 0 saturated carbocycles. The quantitative estimate of drug-likeness (QED) is 0.592. The van der Waals surface area contributed by atoms with Gasteiger partial charge in [-0.25, -0.2) is 13.1 Å². The summed E-state index contributed by atoms with van der Waals surface area (Å²) < 4.78 is 27.0. The second-order valence-electron chi connectivity index (χ2n) is 6.63. The Morgan fingerprint density at radius 1 is 1.03 bits per heavy atom. The smallest absolute Gasteiger partial charge is 0.253 e. The lowest BCUT2D eigenvalue weighted by Crippen LogP contribution is -2.33. The maximum atomic E-state index is 12.4. The molecule has 0 aliphatic heterocycles. The molecule has 0 saturated heterocycles. The van der Waals surface area contributed by atoms with Crippen molar-refractivity contribution in [1.29, 1.82) is 0 Å². The number of carbonyl (C=O) groups excluding carboxylic acids is 2. The van der Waals surface area contributed by atoms with Gasteiger partial charge in [0.15, 0.2) is 0 Å². The Balaban J connectivity index is 2.08. The first-order valence-electron chi connectivity index (χ1n) is 8.65. The molecule has 2 aromatic carbocycles. The van der Waals surface area contributed by atoms with E-state index in [1.165, 1.54) is 12.1 Å². The van der Waals surface area contributed by atoms with Crippen LogP contribution in [0.4, 0.5) is 5.69 Å². The molecule has 0 bridgehead atoms. The molecule has 156 valence electrons. The average molecular weight is 458 g/mol. The molecular weight excluding hydrogens is 437 g/mol. The third-order valence-electron chi connectivity index (χ3n) is 3.69. The zero-order chi connectivity index (χ0) is 21.8. The summed E-state index contributed by atoms with van der Waals surface area (Å²) in [6.45, 7) is 4.88. The molecule has 7 nitrogen and oxygen atoms in total. The number of anilines is 1. The standard InChI is InChI=1S/C19H21Cl2N3O4S/c1-11(2)24-29(27,28)13-5-6-15(20)14(9-13)19(26)22-10-18(25)23-17-7-4-12(3)8-16(17)21/h4-9,11,24H,10H2,1-3H3,(H,22,26)(H,23,25). The van der Waals surface area contributed by atoms with Gasteiger partial charge in [0, 0.05) is 6.04 Å². The summed E-state index contributed by atoms with van der Waals surface area (Å²) in [6.07, 6.45) is 0. The molecule has 10 heteroatoms. The Kier molecular flexibility index (Phi) is 7.65. The Hall–Kier alpha value is -2.13. The fraction of sp³-hybridized carbons (Fsp3) is 0.263. The van der Waals surface area contributed by atoms with E-state index in [1.807, 2.05) is 6.92 Å². The topological polar surface area (TPSA) is 104 Å². The van der Waals surface area contributed by atoms with Gasteiger partial charge in [0.25, 0.3) is 5.91 Å². The highest BCUT2D eigenvalue weighted by Crippen LogP contribution is 2.23. The molecule has 0 heterocycles. The lowest BCUT2D eigenvalue weighted by Gasteiger charge is -2.12. The lowest BCUT2D eigenvalue weighted by atomic mass is 10.2. The zero-order valence-electron chi connectivity index (χ0n) is 16.0. The second kappa shape index (κ2) is 9.58. The van der Waals surface area contributed by atoms with Crippen molar-refractivity contribution in [1.82, 2.24) is 10.0 Å². The van der Waals surface area contributed by atoms with Crippen LogP contribution in [0.15, 0.2) is 41.3 Å². The van der Waals surface area contributed by atoms with E-state index in [9.17, 15) is 18.0 Å². The van der Waals surface area contributed by atoms with Gasteiger partial charge >= 0.3 is 0 Å². The monoisotopic (exact) mass is 457 g/mol. The van der Waals surface area contributed by atoms with E-state index in [4.69, 9.17) is 23.2 Å². The van der Waals surface area contributed by atoms with Crippen LogP contribution in [-0.2, 0) is 14.8 Å². The molecule has 0 atom stereocenters. The third kappa shape index (κ3) is 6.43. The van der Waals surface area contributed by atoms with Crippen LogP contribution >= 0.6 is 23.2 Å². The predicted octanol–water partition coefficient (Wildman–Crippen LogP) is 3.36. The second-order valence-corrected chi connectivity index (χ2v) is 9.16. The minimum atomic E-state index is -3.80. The van der Waals surface area contributed by atoms with Crippen LogP contribution in [0.2, 0.25) is 10.0 Å². The molecule has 3 N–H and O–H groups in total. The highest BCUT2D eigenvalue weighted by Gasteiger charge is 2.20. The van der Waals surface area contributed by atoms with Crippen molar-refractivity contribution >= 4 is 50.7 Å². The minimum absolute atomic E-state index is 0.0560. The molecule has 0 spiro atoms. The van der Waals surface area contributed by atoms with Gasteiger partial charge in [-0.3, -0.25) is 9.59 Å². The number of sulfonamides is 1. The number of hydrogen-bond donors (Lipinski definition) is 3. The first kappa shape index (κ1) is 23.2. The molecule has 29 heavy (non-hydrogen) atoms. The van der Waals surface area contributed by atoms with E-state index in [0.29, 0.717) is 10.7 Å². The average Bonchev–Trinajstić information content (AvgIpc) is 2.61. The summed E-state index contributed by atoms with van der Waals surface area (Å²) in [5, 5.41) is 5.45. The van der Waals surface area contributed by atoms with E-state index < -0.39 is 21.8 Å². The first-order chi connectivity index (χ1) is 13.5. The van der Waals surface area contributed by atoms with E-state index in [-0.39, 0.29) is 28.1 Å². The summed E-state index contributed by atoms with van der Waals surface area (Å²) in [5.41, 5.74) is 1.31. The molecule has 0 aliphatic rings. The van der Waals surface area contributed by atoms with E-state index in [1.54, 1.807) is 32.0 Å². The molecular formula is C19H21Cl2N3O4S. The summed E-state index contributed by atoms with van der Waals surface area (Å²) in [4.78, 5) is 24.4. The van der Waals surface area contributed by atoms with Crippen molar-refractivity contribution in [3.05, 3.63) is 57.6 Å². The molecule has 2 amide bonds. The van der Waals surface area contributed by atoms with Gasteiger partial charge in [-0.1, -0.05) is 29.3 Å². The first-order valence-corrected chi connectivity index (χ1v) is 10.9. The Morgan fingerprint density at radius 3 is 2.34 bits per heavy atom. The van der Waals surface area contributed by atoms with E-state index >= 15 is 0 Å². The van der Waals surface area contributed by atoms with Crippen molar-refractivity contribution in [2.45, 2.75) is 31.7 Å². The molecule has 0 unspecified atom stereocenters. The van der Waals surface area contributed by atoms with Gasteiger partial charge in [0.1, 0.15) is 0 Å². The molecule has 0 aromatic heterocycles. The number of amides is 2. The van der Waals surface area contributed by atoms with Gasteiger partial charge < -0.3 is 10.6 Å². The van der Waals surface area contributed by atoms with Gasteiger partial charge in [-0.05, 0) is 56.7 Å². The molecule has 0 radical (unpaired) electrons. The molecule has 2 aromatic rings. The van der Waals surface area contributed by atoms with Crippen LogP contribution < -0.4 is 15.4 Å². The Bertz CT molecular complexity index is 1040. The van der Waals surface area contributed by atoms with E-state index in [0.717, 1.165) is 11.6 Å². The molecule has 2 rings (SSSR count). The van der Waals surface area contributed by atoms with Crippen LogP contribution in [-0.4, -0.2) is 32.8 Å². The van der Waals surface area contributed by atoms with Crippen molar-refractivity contribution < 1.29 is 18.0 Å². The Morgan fingerprint density at radius 2 is 1.72 bits per heavy atom. The van der Waals surface area contributed by atoms with Crippen LogP contribution in [0.5, 0.6) is 0 Å². The summed E-state index contributed by atoms with van der Waals surface area (Å²) in [7, 11) is -3.80. The maximum absolute atomic E-state index is 12.4. The molecule has 0 aliphatic carbocycles. The highest BCUT2D eigenvalue weighted by atomic mass is 35.5. The largest absolute Gasteiger partial charge is 0.343 e. The SMILES string of the molecule is Cc1ccc(NC(=O)CNC(=O)c2cc(S(=O)(=O)NC(C)C)ccc2Cl)c(Cl)c1. The van der Waals surface area contributed by atoms with Gasteiger partial charge in [0.2, 0.25) is 15.9 Å². The van der Waals surface area contributed by atoms with Crippen molar-refractivity contribution in [3.63, 3.8) is 0 Å². The number of hydrogen-bond acceptors (Lipinski definition) is 4. The third-order valence-corrected chi connectivity index (χ3v) is 5.99. The number of nitrogens with one attached hydrogen (secondary N) is 3. The van der Waals surface area contributed by atoms with Crippen LogP contribution in [0, 0.1) is 6.92 Å². The summed E-state index contributed by atoms with van der Waals surface area (Å²) >= 11 is 12.1. The van der Waals surface area contributed by atoms with Gasteiger partial charge in [0.05, 0.1) is 32.7 Å². The fourth-order valence-electron chi connectivity index (χ4n) is 2.40. The summed E-state index contributed by atoms with van der Waals surface area (Å²) in [6, 6.07) is 8.61. The number of halogens is 2. The summed E-state index contributed by atoms with van der Waals surface area (Å²) in [5.74, 6) is -1.17. The zero-order valence-corrected chi connectivity index (χ0v) is 18.4. The number of carbonyl (C=O) groups is 2. The van der Waals surface area contributed by atoms with Crippen molar-refractivity contribution in [3.8, 4) is 0 Å². The number of aryl methyl sites for hydroxylation is 1. The van der Waals surface area contributed by atoms with Crippen LogP contribution in [0.25, 0.3) is 0 Å². The predicted molar refractivity (Wildman–Crippen MR) is 114 cm³/mol. The Labute approximate surface area is 179 Å². The van der Waals surface area contributed by atoms with Crippen LogP contribution in [0.1, 0.15) is 29.8 Å². The van der Waals surface area contributed by atoms with Gasteiger partial charge in [-0.15, -0.1) is 0 Å². The lowest BCUT2D eigenvalue weighted by molar-refractivity contribution is -0.115. The number of rotatable bonds is 7. The van der Waals surface area contributed by atoms with Gasteiger partial charge in [-0.2, -0.15) is 0 Å². The minimum Gasteiger partial charge on any atom is -0.343 e. The number of benzene rings is 2. The fourth-order valence-corrected chi connectivity index (χ4v) is 4.16. The van der Waals surface area contributed by atoms with Crippen LogP contribution in [0.3, 0.4) is 0 Å².